The van der Waals surface area contributed by atoms with Gasteiger partial charge < -0.3 is 15.2 Å². The monoisotopic (exact) mass is 507 g/mol. The molecular formula is C21H30IN7. The van der Waals surface area contributed by atoms with Gasteiger partial charge in [-0.25, -0.2) is 9.67 Å². The van der Waals surface area contributed by atoms with Crippen molar-refractivity contribution in [1.82, 2.24) is 30.0 Å². The molecule has 0 amide bonds. The van der Waals surface area contributed by atoms with Gasteiger partial charge in [0, 0.05) is 51.5 Å². The maximum Gasteiger partial charge on any atom is 0.190 e. The van der Waals surface area contributed by atoms with Gasteiger partial charge in [0.05, 0.1) is 5.69 Å². The minimum Gasteiger partial charge on any atom is -0.356 e. The van der Waals surface area contributed by atoms with Gasteiger partial charge in [-0.15, -0.1) is 24.0 Å². The zero-order chi connectivity index (χ0) is 19.6. The van der Waals surface area contributed by atoms with Crippen LogP contribution in [0, 0.1) is 6.92 Å². The lowest BCUT2D eigenvalue weighted by Crippen LogP contribution is -2.38. The molecule has 0 saturated carbocycles. The summed E-state index contributed by atoms with van der Waals surface area (Å²) in [5, 5.41) is 11.0. The van der Waals surface area contributed by atoms with Crippen molar-refractivity contribution in [3.05, 3.63) is 66.5 Å². The van der Waals surface area contributed by atoms with Crippen molar-refractivity contribution >= 4 is 29.9 Å². The SMILES string of the molecule is CN=C(NCCCCn1ccnc1C)NCCc1ccc(-n2cccn2)cc1.I. The number of rotatable bonds is 9. The van der Waals surface area contributed by atoms with E-state index in [0.29, 0.717) is 0 Å². The van der Waals surface area contributed by atoms with Crippen molar-refractivity contribution in [1.29, 1.82) is 0 Å². The molecule has 0 aliphatic heterocycles. The van der Waals surface area contributed by atoms with Crippen LogP contribution in [0.2, 0.25) is 0 Å². The molecule has 0 bridgehead atoms. The molecule has 2 aromatic heterocycles. The maximum atomic E-state index is 4.30. The maximum absolute atomic E-state index is 4.30. The number of unbranched alkanes of at least 4 members (excludes halogenated alkanes) is 1. The van der Waals surface area contributed by atoms with E-state index < -0.39 is 0 Å². The summed E-state index contributed by atoms with van der Waals surface area (Å²) in [7, 11) is 1.81. The van der Waals surface area contributed by atoms with E-state index >= 15 is 0 Å². The average Bonchev–Trinajstić information content (AvgIpc) is 3.39. The molecule has 8 heteroatoms. The molecule has 7 nitrogen and oxygen atoms in total. The summed E-state index contributed by atoms with van der Waals surface area (Å²) in [6.45, 7) is 4.80. The quantitative estimate of drug-likeness (QED) is 0.202. The summed E-state index contributed by atoms with van der Waals surface area (Å²) >= 11 is 0. The first kappa shape index (κ1) is 22.9. The second-order valence-corrected chi connectivity index (χ2v) is 6.67. The van der Waals surface area contributed by atoms with Gasteiger partial charge >= 0.3 is 0 Å². The summed E-state index contributed by atoms with van der Waals surface area (Å²) in [4.78, 5) is 8.54. The molecule has 0 radical (unpaired) electrons. The van der Waals surface area contributed by atoms with E-state index in [9.17, 15) is 0 Å². The first-order valence-electron chi connectivity index (χ1n) is 9.77. The van der Waals surface area contributed by atoms with E-state index in [1.54, 1.807) is 6.20 Å². The Labute approximate surface area is 189 Å². The van der Waals surface area contributed by atoms with Crippen LogP contribution in [0.15, 0.2) is 60.1 Å². The van der Waals surface area contributed by atoms with Crippen LogP contribution >= 0.6 is 24.0 Å². The highest BCUT2D eigenvalue weighted by Gasteiger charge is 2.01. The van der Waals surface area contributed by atoms with Crippen molar-refractivity contribution in [2.24, 2.45) is 4.99 Å². The van der Waals surface area contributed by atoms with Crippen molar-refractivity contribution < 1.29 is 0 Å². The Morgan fingerprint density at radius 1 is 1.03 bits per heavy atom. The number of hydrogen-bond acceptors (Lipinski definition) is 3. The lowest BCUT2D eigenvalue weighted by molar-refractivity contribution is 0.588. The number of nitrogens with one attached hydrogen (secondary N) is 2. The minimum absolute atomic E-state index is 0. The Morgan fingerprint density at radius 3 is 2.48 bits per heavy atom. The topological polar surface area (TPSA) is 72.1 Å². The lowest BCUT2D eigenvalue weighted by atomic mass is 10.1. The van der Waals surface area contributed by atoms with E-state index in [1.165, 1.54) is 5.56 Å². The van der Waals surface area contributed by atoms with Crippen LogP contribution in [-0.4, -0.2) is 45.4 Å². The van der Waals surface area contributed by atoms with Crippen LogP contribution in [0.4, 0.5) is 0 Å². The summed E-state index contributed by atoms with van der Waals surface area (Å²) in [6, 6.07) is 10.4. The predicted octanol–water partition coefficient (Wildman–Crippen LogP) is 3.18. The second-order valence-electron chi connectivity index (χ2n) is 6.67. The van der Waals surface area contributed by atoms with Crippen LogP contribution in [0.5, 0.6) is 0 Å². The van der Waals surface area contributed by atoms with Crippen LogP contribution in [0.25, 0.3) is 5.69 Å². The van der Waals surface area contributed by atoms with Crippen molar-refractivity contribution in [3.63, 3.8) is 0 Å². The number of halogens is 1. The molecule has 1 aromatic carbocycles. The summed E-state index contributed by atoms with van der Waals surface area (Å²) in [5.41, 5.74) is 2.36. The molecule has 0 unspecified atom stereocenters. The first-order valence-corrected chi connectivity index (χ1v) is 9.77. The normalized spacial score (nSPS) is 11.2. The molecule has 3 rings (SSSR count). The molecular weight excluding hydrogens is 477 g/mol. The van der Waals surface area contributed by atoms with Gasteiger partial charge in [-0.2, -0.15) is 5.10 Å². The zero-order valence-corrected chi connectivity index (χ0v) is 19.4. The van der Waals surface area contributed by atoms with Gasteiger partial charge in [0.15, 0.2) is 5.96 Å². The Bertz CT molecular complexity index is 854. The molecule has 2 N–H and O–H groups in total. The van der Waals surface area contributed by atoms with E-state index in [1.807, 2.05) is 43.3 Å². The highest BCUT2D eigenvalue weighted by Crippen LogP contribution is 2.08. The van der Waals surface area contributed by atoms with Crippen molar-refractivity contribution in [3.8, 4) is 5.69 Å². The van der Waals surface area contributed by atoms with E-state index in [-0.39, 0.29) is 24.0 Å². The number of aliphatic imine (C=N–C) groups is 1. The molecule has 156 valence electrons. The molecule has 0 aliphatic carbocycles. The molecule has 29 heavy (non-hydrogen) atoms. The standard InChI is InChI=1S/C21H29N7.HI/c1-18-23-14-17-27(18)15-4-3-11-24-21(22-2)25-13-10-19-6-8-20(9-7-19)28-16-5-12-26-28;/h5-9,12,14,16-17H,3-4,10-11,13,15H2,1-2H3,(H2,22,24,25);1H. The number of aromatic nitrogens is 4. The van der Waals surface area contributed by atoms with Gasteiger partial charge in [-0.1, -0.05) is 12.1 Å². The van der Waals surface area contributed by atoms with Crippen LogP contribution < -0.4 is 10.6 Å². The Hall–Kier alpha value is -2.36. The van der Waals surface area contributed by atoms with E-state index in [0.717, 1.165) is 56.4 Å². The minimum atomic E-state index is 0. The number of hydrogen-bond donors (Lipinski definition) is 2. The first-order chi connectivity index (χ1) is 13.8. The summed E-state index contributed by atoms with van der Waals surface area (Å²) in [5.74, 6) is 1.93. The van der Waals surface area contributed by atoms with Gasteiger partial charge in [-0.3, -0.25) is 4.99 Å². The third kappa shape index (κ3) is 7.19. The fourth-order valence-electron chi connectivity index (χ4n) is 3.04. The van der Waals surface area contributed by atoms with Crippen LogP contribution in [-0.2, 0) is 13.0 Å². The number of aryl methyl sites for hydroxylation is 2. The molecule has 3 aromatic rings. The molecule has 0 saturated heterocycles. The number of imidazole rings is 1. The van der Waals surface area contributed by atoms with Gasteiger partial charge in [0.1, 0.15) is 5.82 Å². The molecule has 0 atom stereocenters. The molecule has 0 aliphatic rings. The van der Waals surface area contributed by atoms with Crippen LogP contribution in [0.1, 0.15) is 24.2 Å². The highest BCUT2D eigenvalue weighted by atomic mass is 127. The summed E-state index contributed by atoms with van der Waals surface area (Å²) < 4.78 is 4.05. The highest BCUT2D eigenvalue weighted by molar-refractivity contribution is 14.0. The number of nitrogens with zero attached hydrogens (tertiary/aromatic N) is 5. The Kier molecular flexibility index (Phi) is 9.69. The summed E-state index contributed by atoms with van der Waals surface area (Å²) in [6.07, 6.45) is 10.8. The largest absolute Gasteiger partial charge is 0.356 e. The average molecular weight is 507 g/mol. The molecule has 0 fully saturated rings. The molecule has 0 spiro atoms. The number of benzene rings is 1. The van der Waals surface area contributed by atoms with E-state index in [4.69, 9.17) is 0 Å². The van der Waals surface area contributed by atoms with Crippen molar-refractivity contribution in [2.45, 2.75) is 32.7 Å². The lowest BCUT2D eigenvalue weighted by Gasteiger charge is -2.12. The Morgan fingerprint density at radius 2 is 1.83 bits per heavy atom. The third-order valence-electron chi connectivity index (χ3n) is 4.68. The fourth-order valence-corrected chi connectivity index (χ4v) is 3.04. The van der Waals surface area contributed by atoms with Crippen molar-refractivity contribution in [2.75, 3.05) is 20.1 Å². The number of guanidine groups is 1. The Balaban J connectivity index is 0.00000300. The smallest absolute Gasteiger partial charge is 0.190 e. The second kappa shape index (κ2) is 12.3. The zero-order valence-electron chi connectivity index (χ0n) is 17.1. The van der Waals surface area contributed by atoms with Gasteiger partial charge in [0.2, 0.25) is 0 Å². The molecule has 2 heterocycles. The fraction of sp³-hybridized carbons (Fsp3) is 0.381. The van der Waals surface area contributed by atoms with E-state index in [2.05, 4.69) is 54.5 Å². The third-order valence-corrected chi connectivity index (χ3v) is 4.68. The van der Waals surface area contributed by atoms with Crippen LogP contribution in [0.3, 0.4) is 0 Å². The predicted molar refractivity (Wildman–Crippen MR) is 128 cm³/mol. The van der Waals surface area contributed by atoms with Gasteiger partial charge in [-0.05, 0) is 49.9 Å². The van der Waals surface area contributed by atoms with Gasteiger partial charge in [0.25, 0.3) is 0 Å².